The third kappa shape index (κ3) is 26.8. The number of carbonyl (C=O) groups excluding carboxylic acids is 4. The number of aliphatic hydroxyl groups excluding tert-OH is 2. The normalized spacial score (nSPS) is 14.4. The number of hydrogen-bond acceptors (Lipinski definition) is 26. The van der Waals surface area contributed by atoms with Crippen molar-refractivity contribution >= 4 is 92.5 Å². The average molecular weight is 1820 g/mol. The lowest BCUT2D eigenvalue weighted by atomic mass is 10.1. The number of aliphatic hydroxyl groups is 2. The first-order valence-corrected chi connectivity index (χ1v) is 45.7. The molecule has 700 valence electrons. The Balaban J connectivity index is 0.000000152. The van der Waals surface area contributed by atoms with Gasteiger partial charge in [0.15, 0.2) is 0 Å². The molecule has 4 saturated heterocycles. The Hall–Kier alpha value is -14.7. The molecule has 0 unspecified atom stereocenters. The molecule has 34 heteroatoms. The number of hydrogen-bond donors (Lipinski definition) is 16. The number of nitrogens with one attached hydrogen (secondary N) is 13. The van der Waals surface area contributed by atoms with Crippen LogP contribution >= 0.6 is 0 Å². The summed E-state index contributed by atoms with van der Waals surface area (Å²) in [5, 5.41) is 46.0. The number of piperidine rings is 3. The number of carbonyl (C=O) groups is 4. The molecular formula is C100H120N24O10. The standard InChI is InChI=1S/C27H33N5O3.C25H31N7O3.C25H30N6O2.C23H26N6O2/c1-18(2)24(17-33)30-25-8-6-7-22(29-25)20-15-23(27(35)28-16-20)31-26(34)19-9-11-21(12-10-19)32-13-4-3-5-14-32;1-16(2)22(15-33)30-23-14-27-13-21(29-23)18-11-20(25(35)28-12-18)31-24(34)17-3-5-19(6-4-17)32-9-7-26-8-10-32;1-17(15-26)28-23-7-5-6-21(29-23)19-14-22(25(33)27-16-19)30-24(32)18-8-10-20(11-9-18)31-12-3-2-4-13-31;1-15-12-19(28-23(24-2)26-15)17-13-20(22(31)25-14-17)27-21(30)16-6-8-18(9-7-16)29-10-4-3-5-11-29/h6-12,15-16,18,24,33H,3-5,13-14,17H2,1-2H3,(H,28,35)(H,29,30)(H,31,34);3-6,11-14,16,22,26,33H,7-10,15H2,1-2H3,(H,28,35)(H,29,30)(H,31,34);5-11,14,16-17H,2-4,12-13,15,26H2,1H3,(H,27,33)(H,28,29)(H,30,32);6-9,12-14H,3-5,10-11H2,1-2H3,(H,25,31)(H,27,30)(H,24,26,28)/t24-;22-;17-;/m011./s1. The second kappa shape index (κ2) is 47.4. The van der Waals surface area contributed by atoms with Crippen LogP contribution in [0.2, 0.25) is 0 Å². The first kappa shape index (κ1) is 96.8. The van der Waals surface area contributed by atoms with E-state index in [-0.39, 0.29) is 106 Å². The van der Waals surface area contributed by atoms with Crippen molar-refractivity contribution < 1.29 is 29.4 Å². The second-order valence-electron chi connectivity index (χ2n) is 34.1. The maximum atomic E-state index is 12.8. The van der Waals surface area contributed by atoms with Crippen molar-refractivity contribution in [1.82, 2.24) is 55.2 Å². The summed E-state index contributed by atoms with van der Waals surface area (Å²) in [5.41, 5.74) is 17.0. The summed E-state index contributed by atoms with van der Waals surface area (Å²) in [7, 11) is 1.74. The molecule has 3 atom stereocenters. The van der Waals surface area contributed by atoms with Gasteiger partial charge in [-0.25, -0.2) is 24.9 Å². The maximum Gasteiger partial charge on any atom is 0.271 e. The minimum Gasteiger partial charge on any atom is -0.394 e. The van der Waals surface area contributed by atoms with Gasteiger partial charge in [-0.3, -0.25) is 43.3 Å². The molecule has 12 aromatic rings. The van der Waals surface area contributed by atoms with Gasteiger partial charge < -0.3 is 103 Å². The Morgan fingerprint density at radius 2 is 0.716 bits per heavy atom. The van der Waals surface area contributed by atoms with Gasteiger partial charge in [0.25, 0.3) is 45.9 Å². The summed E-state index contributed by atoms with van der Waals surface area (Å²) in [6.07, 6.45) is 20.4. The largest absolute Gasteiger partial charge is 0.394 e. The van der Waals surface area contributed by atoms with E-state index in [9.17, 15) is 48.6 Å². The highest BCUT2D eigenvalue weighted by molar-refractivity contribution is 6.07. The predicted molar refractivity (Wildman–Crippen MR) is 533 cm³/mol. The third-order valence-corrected chi connectivity index (χ3v) is 23.6. The van der Waals surface area contributed by atoms with E-state index < -0.39 is 5.56 Å². The van der Waals surface area contributed by atoms with Crippen LogP contribution in [0.1, 0.15) is 140 Å². The Morgan fingerprint density at radius 3 is 1.06 bits per heavy atom. The van der Waals surface area contributed by atoms with Gasteiger partial charge in [0.05, 0.1) is 60.5 Å². The Kier molecular flexibility index (Phi) is 34.2. The maximum absolute atomic E-state index is 12.8. The molecule has 17 N–H and O–H groups in total. The molecule has 4 aliphatic rings. The molecule has 12 heterocycles. The average Bonchev–Trinajstić information content (AvgIpc) is 0.829. The van der Waals surface area contributed by atoms with Crippen molar-refractivity contribution in [3.63, 3.8) is 0 Å². The number of aromatic amines is 4. The summed E-state index contributed by atoms with van der Waals surface area (Å²) < 4.78 is 0. The van der Waals surface area contributed by atoms with E-state index in [4.69, 9.17) is 5.73 Å². The molecule has 134 heavy (non-hydrogen) atoms. The predicted octanol–water partition coefficient (Wildman–Crippen LogP) is 12.9. The molecule has 0 spiro atoms. The van der Waals surface area contributed by atoms with Gasteiger partial charge in [-0.05, 0) is 235 Å². The van der Waals surface area contributed by atoms with Gasteiger partial charge in [-0.15, -0.1) is 0 Å². The Morgan fingerprint density at radius 1 is 0.388 bits per heavy atom. The number of H-pyrrole nitrogens is 4. The first-order chi connectivity index (χ1) is 64.9. The lowest BCUT2D eigenvalue weighted by Gasteiger charge is -2.29. The van der Waals surface area contributed by atoms with Crippen molar-refractivity contribution in [1.29, 1.82) is 0 Å². The summed E-state index contributed by atoms with van der Waals surface area (Å²) in [6.45, 7) is 22.3. The quantitative estimate of drug-likeness (QED) is 0.0216. The minimum atomic E-state index is -0.415. The number of aromatic nitrogens is 10. The molecule has 0 saturated carbocycles. The number of rotatable bonds is 28. The number of nitrogens with zero attached hydrogens (tertiary/aromatic N) is 10. The lowest BCUT2D eigenvalue weighted by molar-refractivity contribution is 0.101. The van der Waals surface area contributed by atoms with Crippen LogP contribution in [0.3, 0.4) is 0 Å². The van der Waals surface area contributed by atoms with Crippen molar-refractivity contribution in [2.75, 3.05) is 154 Å². The molecule has 0 bridgehead atoms. The molecule has 16 rings (SSSR count). The Bertz CT molecular complexity index is 6000. The van der Waals surface area contributed by atoms with Gasteiger partial charge in [0, 0.05) is 183 Å². The number of pyridine rings is 6. The zero-order valence-corrected chi connectivity index (χ0v) is 76.7. The van der Waals surface area contributed by atoms with E-state index in [1.165, 1.54) is 64.0 Å². The molecule has 4 fully saturated rings. The highest BCUT2D eigenvalue weighted by atomic mass is 16.3. The molecule has 4 aromatic carbocycles. The van der Waals surface area contributed by atoms with Gasteiger partial charge >= 0.3 is 0 Å². The number of benzene rings is 4. The van der Waals surface area contributed by atoms with Crippen LogP contribution in [0.25, 0.3) is 45.0 Å². The lowest BCUT2D eigenvalue weighted by Crippen LogP contribution is -2.43. The molecule has 34 nitrogen and oxygen atoms in total. The van der Waals surface area contributed by atoms with E-state index in [1.807, 2.05) is 133 Å². The van der Waals surface area contributed by atoms with E-state index in [1.54, 1.807) is 111 Å². The fourth-order valence-corrected chi connectivity index (χ4v) is 15.6. The molecular weight excluding hydrogens is 1700 g/mol. The fourth-order valence-electron chi connectivity index (χ4n) is 15.6. The van der Waals surface area contributed by atoms with E-state index in [0.29, 0.717) is 97.2 Å². The van der Waals surface area contributed by atoms with Crippen molar-refractivity contribution in [2.24, 2.45) is 17.6 Å². The summed E-state index contributed by atoms with van der Waals surface area (Å²) in [5.74, 6) is 1.37. The van der Waals surface area contributed by atoms with Gasteiger partial charge in [0.1, 0.15) is 40.2 Å². The van der Waals surface area contributed by atoms with Crippen LogP contribution in [-0.4, -0.2) is 194 Å². The van der Waals surface area contributed by atoms with Crippen LogP contribution in [0.5, 0.6) is 0 Å². The summed E-state index contributed by atoms with van der Waals surface area (Å²) >= 11 is 0. The molecule has 4 amide bonds. The van der Waals surface area contributed by atoms with Crippen molar-refractivity contribution in [3.05, 3.63) is 270 Å². The summed E-state index contributed by atoms with van der Waals surface area (Å²) in [6, 6.07) is 49.1. The van der Waals surface area contributed by atoms with Gasteiger partial charge in [-0.2, -0.15) is 0 Å². The minimum absolute atomic E-state index is 0.00256. The number of piperazine rings is 1. The number of anilines is 12. The van der Waals surface area contributed by atoms with Gasteiger partial charge in [-0.1, -0.05) is 39.8 Å². The molecule has 4 aliphatic heterocycles. The zero-order valence-electron chi connectivity index (χ0n) is 76.7. The highest BCUT2D eigenvalue weighted by Crippen LogP contribution is 2.30. The SMILES string of the molecule is CC(C)[C@@H](CO)Nc1cncc(-c2c[nH]c(=O)c(NC(=O)c3ccc(N4CCNCC4)cc3)c2)n1.CC(C)[C@H](CO)Nc1cccc(-c2c[nH]c(=O)c(NC(=O)c3ccc(N4CCCCC4)cc3)c2)n1.CNc1nc(C)cc(-c2c[nH]c(=O)c(NC(=O)c3ccc(N4CCCCC4)cc3)c2)n1.C[C@H](CN)Nc1cccc(-c2c[nH]c(=O)c(NC(=O)c3ccc(N4CCCCC4)cc3)c2)n1. The number of aryl methyl sites for hydroxylation is 1. The monoisotopic (exact) mass is 1820 g/mol. The molecule has 8 aromatic heterocycles. The molecule has 0 radical (unpaired) electrons. The smallest absolute Gasteiger partial charge is 0.271 e. The van der Waals surface area contributed by atoms with Gasteiger partial charge in [0.2, 0.25) is 5.95 Å². The van der Waals surface area contributed by atoms with Crippen LogP contribution in [-0.2, 0) is 0 Å². The van der Waals surface area contributed by atoms with Crippen molar-refractivity contribution in [3.8, 4) is 45.0 Å². The van der Waals surface area contributed by atoms with Crippen LogP contribution in [0.15, 0.2) is 220 Å². The fraction of sp³-hybridized carbons (Fsp3) is 0.340. The number of amides is 4. The van der Waals surface area contributed by atoms with Crippen molar-refractivity contribution in [2.45, 2.75) is 117 Å². The summed E-state index contributed by atoms with van der Waals surface area (Å²) in [4.78, 5) is 147. The highest BCUT2D eigenvalue weighted by Gasteiger charge is 2.23. The van der Waals surface area contributed by atoms with E-state index >= 15 is 0 Å². The van der Waals surface area contributed by atoms with Crippen LogP contribution in [0.4, 0.5) is 68.9 Å². The second-order valence-corrected chi connectivity index (χ2v) is 34.1. The van der Waals surface area contributed by atoms with Crippen LogP contribution in [0, 0.1) is 18.8 Å². The van der Waals surface area contributed by atoms with Crippen LogP contribution < -0.4 is 95.4 Å². The van der Waals surface area contributed by atoms with E-state index in [0.717, 1.165) is 93.9 Å². The number of nitrogens with two attached hydrogens (primary N) is 1. The topological polar surface area (TPSA) is 465 Å². The Labute approximate surface area is 777 Å². The third-order valence-electron chi connectivity index (χ3n) is 23.6. The molecule has 0 aliphatic carbocycles. The van der Waals surface area contributed by atoms with E-state index in [2.05, 4.69) is 117 Å². The zero-order chi connectivity index (χ0) is 94.6. The first-order valence-electron chi connectivity index (χ1n) is 45.7.